The number of fused-ring (bicyclic) bond motifs is 1. The number of methoxy groups -OCH3 is 1. The van der Waals surface area contributed by atoms with E-state index < -0.39 is 0 Å². The molecule has 0 aromatic carbocycles. The lowest BCUT2D eigenvalue weighted by atomic mass is 10.0. The van der Waals surface area contributed by atoms with Crippen LogP contribution in [0.25, 0.3) is 0 Å². The van der Waals surface area contributed by atoms with E-state index in [0.717, 1.165) is 30.8 Å². The van der Waals surface area contributed by atoms with Crippen LogP contribution in [-0.2, 0) is 17.7 Å². The predicted molar refractivity (Wildman–Crippen MR) is 81.0 cm³/mol. The molecule has 0 bridgehead atoms. The van der Waals surface area contributed by atoms with Gasteiger partial charge in [-0.1, -0.05) is 0 Å². The quantitative estimate of drug-likeness (QED) is 0.895. The van der Waals surface area contributed by atoms with Crippen LogP contribution >= 0.6 is 0 Å². The SMILES string of the molecule is CO[C@@H]1CN(C(=O)c2cc3n(n2)CCCC3)C[C@H]1c1cn[nH]n1. The second kappa shape index (κ2) is 5.77. The number of aromatic nitrogens is 5. The molecule has 1 N–H and O–H groups in total. The van der Waals surface area contributed by atoms with Gasteiger partial charge >= 0.3 is 0 Å². The Morgan fingerprint density at radius 3 is 3.04 bits per heavy atom. The molecular weight excluding hydrogens is 296 g/mol. The van der Waals surface area contributed by atoms with Gasteiger partial charge < -0.3 is 9.64 Å². The molecule has 0 unspecified atom stereocenters. The first-order valence-corrected chi connectivity index (χ1v) is 8.00. The fourth-order valence-electron chi connectivity index (χ4n) is 3.54. The van der Waals surface area contributed by atoms with Gasteiger partial charge in [0.05, 0.1) is 23.9 Å². The van der Waals surface area contributed by atoms with Gasteiger partial charge in [-0.3, -0.25) is 9.48 Å². The summed E-state index contributed by atoms with van der Waals surface area (Å²) in [5, 5.41) is 15.1. The number of likely N-dealkylation sites (tertiary alicyclic amines) is 1. The summed E-state index contributed by atoms with van der Waals surface area (Å²) in [5.74, 6) is 0.0138. The summed E-state index contributed by atoms with van der Waals surface area (Å²) < 4.78 is 7.51. The molecule has 2 aliphatic heterocycles. The van der Waals surface area contributed by atoms with E-state index in [9.17, 15) is 4.79 Å². The third-order valence-electron chi connectivity index (χ3n) is 4.80. The number of H-pyrrole nitrogens is 1. The molecule has 0 spiro atoms. The number of ether oxygens (including phenoxy) is 1. The molecule has 8 heteroatoms. The molecule has 0 saturated carbocycles. The van der Waals surface area contributed by atoms with Crippen LogP contribution in [0, 0.1) is 0 Å². The van der Waals surface area contributed by atoms with E-state index in [-0.39, 0.29) is 17.9 Å². The van der Waals surface area contributed by atoms with Gasteiger partial charge in [0.1, 0.15) is 0 Å². The van der Waals surface area contributed by atoms with Gasteiger partial charge in [0.25, 0.3) is 5.91 Å². The average Bonchev–Trinajstić information content (AvgIpc) is 3.30. The molecule has 0 aliphatic carbocycles. The summed E-state index contributed by atoms with van der Waals surface area (Å²) in [4.78, 5) is 14.6. The molecule has 2 aromatic rings. The van der Waals surface area contributed by atoms with Gasteiger partial charge in [-0.25, -0.2) is 0 Å². The van der Waals surface area contributed by atoms with Crippen LogP contribution in [0.3, 0.4) is 0 Å². The van der Waals surface area contributed by atoms with Gasteiger partial charge in [-0.05, 0) is 25.3 Å². The van der Waals surface area contributed by atoms with Crippen molar-refractivity contribution < 1.29 is 9.53 Å². The van der Waals surface area contributed by atoms with E-state index in [4.69, 9.17) is 4.74 Å². The van der Waals surface area contributed by atoms with Crippen molar-refractivity contribution in [1.82, 2.24) is 30.1 Å². The Hall–Kier alpha value is -2.22. The van der Waals surface area contributed by atoms with Crippen LogP contribution < -0.4 is 0 Å². The van der Waals surface area contributed by atoms with Crippen molar-refractivity contribution in [2.75, 3.05) is 20.2 Å². The highest BCUT2D eigenvalue weighted by Gasteiger charge is 2.38. The van der Waals surface area contributed by atoms with Crippen molar-refractivity contribution in [3.63, 3.8) is 0 Å². The summed E-state index contributed by atoms with van der Waals surface area (Å²) >= 11 is 0. The third-order valence-corrected chi connectivity index (χ3v) is 4.80. The third kappa shape index (κ3) is 2.52. The fourth-order valence-corrected chi connectivity index (χ4v) is 3.54. The largest absolute Gasteiger partial charge is 0.379 e. The first kappa shape index (κ1) is 14.4. The van der Waals surface area contributed by atoms with Crippen molar-refractivity contribution >= 4 is 5.91 Å². The van der Waals surface area contributed by atoms with Crippen molar-refractivity contribution in [2.24, 2.45) is 0 Å². The summed E-state index contributed by atoms with van der Waals surface area (Å²) in [5.41, 5.74) is 2.53. The molecule has 23 heavy (non-hydrogen) atoms. The minimum absolute atomic E-state index is 0.0278. The normalized spacial score (nSPS) is 24.0. The summed E-state index contributed by atoms with van der Waals surface area (Å²) in [7, 11) is 1.67. The number of hydrogen-bond donors (Lipinski definition) is 1. The number of nitrogens with one attached hydrogen (secondary N) is 1. The van der Waals surface area contributed by atoms with E-state index >= 15 is 0 Å². The summed E-state index contributed by atoms with van der Waals surface area (Å²) in [6.45, 7) is 2.03. The first-order chi connectivity index (χ1) is 11.3. The number of amides is 1. The minimum Gasteiger partial charge on any atom is -0.379 e. The van der Waals surface area contributed by atoms with E-state index in [2.05, 4.69) is 20.5 Å². The van der Waals surface area contributed by atoms with Crippen LogP contribution in [0.2, 0.25) is 0 Å². The fraction of sp³-hybridized carbons (Fsp3) is 0.600. The number of rotatable bonds is 3. The average molecular weight is 316 g/mol. The molecule has 0 radical (unpaired) electrons. The molecule has 2 aromatic heterocycles. The first-order valence-electron chi connectivity index (χ1n) is 8.00. The van der Waals surface area contributed by atoms with Crippen LogP contribution in [0.15, 0.2) is 12.3 Å². The van der Waals surface area contributed by atoms with Crippen LogP contribution in [0.5, 0.6) is 0 Å². The van der Waals surface area contributed by atoms with Gasteiger partial charge in [0.2, 0.25) is 0 Å². The summed E-state index contributed by atoms with van der Waals surface area (Å²) in [6.07, 6.45) is 4.93. The highest BCUT2D eigenvalue weighted by atomic mass is 16.5. The number of carbonyl (C=O) groups excluding carboxylic acids is 1. The lowest BCUT2D eigenvalue weighted by molar-refractivity contribution is 0.0708. The lowest BCUT2D eigenvalue weighted by Crippen LogP contribution is -2.30. The Kier molecular flexibility index (Phi) is 3.60. The molecule has 1 fully saturated rings. The second-order valence-electron chi connectivity index (χ2n) is 6.19. The van der Waals surface area contributed by atoms with Crippen molar-refractivity contribution in [3.05, 3.63) is 29.3 Å². The van der Waals surface area contributed by atoms with E-state index in [1.165, 1.54) is 6.42 Å². The Labute approximate surface area is 133 Å². The molecule has 4 rings (SSSR count). The zero-order valence-electron chi connectivity index (χ0n) is 13.1. The number of nitrogens with zero attached hydrogens (tertiary/aromatic N) is 5. The number of aryl methyl sites for hydroxylation is 2. The van der Waals surface area contributed by atoms with Crippen molar-refractivity contribution in [2.45, 2.75) is 37.8 Å². The molecule has 122 valence electrons. The van der Waals surface area contributed by atoms with E-state index in [1.807, 2.05) is 15.6 Å². The lowest BCUT2D eigenvalue weighted by Gasteiger charge is -2.14. The molecule has 1 amide bonds. The second-order valence-corrected chi connectivity index (χ2v) is 6.19. The maximum atomic E-state index is 12.8. The number of aromatic amines is 1. The molecule has 2 aliphatic rings. The molecule has 8 nitrogen and oxygen atoms in total. The monoisotopic (exact) mass is 316 g/mol. The smallest absolute Gasteiger partial charge is 0.274 e. The highest BCUT2D eigenvalue weighted by Crippen LogP contribution is 2.29. The van der Waals surface area contributed by atoms with Crippen LogP contribution in [-0.4, -0.2) is 62.3 Å². The molecule has 2 atom stereocenters. The standard InChI is InChI=1S/C15H20N6O2/c1-23-14-9-20(8-11(14)13-7-16-19-17-13)15(22)12-6-10-4-2-3-5-21(10)18-12/h6-7,11,14H,2-5,8-9H2,1H3,(H,16,17,19)/t11-,14+/m0/s1. The predicted octanol–water partition coefficient (Wildman–Crippen LogP) is 0.592. The maximum Gasteiger partial charge on any atom is 0.274 e. The zero-order valence-corrected chi connectivity index (χ0v) is 13.1. The number of carbonyl (C=O) groups is 1. The van der Waals surface area contributed by atoms with Crippen molar-refractivity contribution in [1.29, 1.82) is 0 Å². The Bertz CT molecular complexity index is 671. The zero-order chi connectivity index (χ0) is 15.8. The van der Waals surface area contributed by atoms with Gasteiger partial charge in [0.15, 0.2) is 5.69 Å². The maximum absolute atomic E-state index is 12.8. The summed E-state index contributed by atoms with van der Waals surface area (Å²) in [6, 6.07) is 1.94. The highest BCUT2D eigenvalue weighted by molar-refractivity contribution is 5.92. The Balaban J connectivity index is 1.54. The molecular formula is C15H20N6O2. The molecule has 4 heterocycles. The van der Waals surface area contributed by atoms with Gasteiger partial charge in [-0.2, -0.15) is 20.5 Å². The van der Waals surface area contributed by atoms with Crippen LogP contribution in [0.4, 0.5) is 0 Å². The topological polar surface area (TPSA) is 88.9 Å². The van der Waals surface area contributed by atoms with Gasteiger partial charge in [0, 0.05) is 32.4 Å². The molecule has 1 saturated heterocycles. The van der Waals surface area contributed by atoms with E-state index in [0.29, 0.717) is 18.8 Å². The Morgan fingerprint density at radius 2 is 2.30 bits per heavy atom. The minimum atomic E-state index is -0.0683. The van der Waals surface area contributed by atoms with Gasteiger partial charge in [-0.15, -0.1) is 0 Å². The van der Waals surface area contributed by atoms with E-state index in [1.54, 1.807) is 13.3 Å². The number of hydrogen-bond acceptors (Lipinski definition) is 5. The Morgan fingerprint density at radius 1 is 1.39 bits per heavy atom. The van der Waals surface area contributed by atoms with Crippen LogP contribution in [0.1, 0.15) is 40.6 Å². The van der Waals surface area contributed by atoms with Crippen molar-refractivity contribution in [3.8, 4) is 0 Å².